The first kappa shape index (κ1) is 11.8. The Morgan fingerprint density at radius 1 is 1.25 bits per heavy atom. The number of benzene rings is 1. The van der Waals surface area contributed by atoms with Gasteiger partial charge in [0.25, 0.3) is 0 Å². The van der Waals surface area contributed by atoms with Crippen LogP contribution < -0.4 is 0 Å². The molecule has 1 aromatic rings. The maximum atomic E-state index is 8.75. The molecule has 0 aliphatic heterocycles. The lowest BCUT2D eigenvalue weighted by atomic mass is 9.98. The highest BCUT2D eigenvalue weighted by Crippen LogP contribution is 2.19. The zero-order chi connectivity index (χ0) is 12.0. The van der Waals surface area contributed by atoms with E-state index in [2.05, 4.69) is 6.58 Å². The first-order valence-electron chi connectivity index (χ1n) is 4.95. The zero-order valence-corrected chi connectivity index (χ0v) is 9.14. The molecule has 2 heteroatoms. The van der Waals surface area contributed by atoms with Crippen LogP contribution in [0.15, 0.2) is 43.0 Å². The van der Waals surface area contributed by atoms with Crippen molar-refractivity contribution in [1.29, 1.82) is 10.5 Å². The molecule has 0 heterocycles. The van der Waals surface area contributed by atoms with Crippen molar-refractivity contribution in [3.63, 3.8) is 0 Å². The fourth-order valence-corrected chi connectivity index (χ4v) is 1.45. The van der Waals surface area contributed by atoms with E-state index in [9.17, 15) is 0 Å². The second-order valence-corrected chi connectivity index (χ2v) is 3.26. The van der Waals surface area contributed by atoms with Crippen LogP contribution in [0.1, 0.15) is 24.0 Å². The number of allylic oxidation sites excluding steroid dienone is 3. The highest BCUT2D eigenvalue weighted by atomic mass is 14.3. The summed E-state index contributed by atoms with van der Waals surface area (Å²) in [4.78, 5) is 0. The van der Waals surface area contributed by atoms with Crippen LogP contribution in [0.25, 0.3) is 5.57 Å². The van der Waals surface area contributed by atoms with Gasteiger partial charge in [0.05, 0.1) is 12.1 Å². The van der Waals surface area contributed by atoms with Crippen molar-refractivity contribution in [1.82, 2.24) is 0 Å². The van der Waals surface area contributed by atoms with Gasteiger partial charge < -0.3 is 0 Å². The van der Waals surface area contributed by atoms with Gasteiger partial charge >= 0.3 is 0 Å². The Bertz CT molecular complexity index is 467. The quantitative estimate of drug-likeness (QED) is 0.714. The van der Waals surface area contributed by atoms with Crippen LogP contribution in [0.5, 0.6) is 0 Å². The van der Waals surface area contributed by atoms with E-state index in [4.69, 9.17) is 10.5 Å². The molecule has 1 rings (SSSR count). The number of rotatable bonds is 3. The Kier molecular flexibility index (Phi) is 4.07. The molecule has 0 aromatic heterocycles. The van der Waals surface area contributed by atoms with Crippen molar-refractivity contribution < 1.29 is 0 Å². The molecule has 0 radical (unpaired) electrons. The van der Waals surface area contributed by atoms with Gasteiger partial charge in [-0.15, -0.1) is 0 Å². The molecule has 16 heavy (non-hydrogen) atoms. The largest absolute Gasteiger partial charge is 0.196 e. The minimum atomic E-state index is -0.688. The molecule has 0 amide bonds. The maximum Gasteiger partial charge on any atom is 0.158 e. The summed E-state index contributed by atoms with van der Waals surface area (Å²) in [5, 5.41) is 17.5. The van der Waals surface area contributed by atoms with Crippen LogP contribution in [0.3, 0.4) is 0 Å². The summed E-state index contributed by atoms with van der Waals surface area (Å²) in [6, 6.07) is 11.3. The van der Waals surface area contributed by atoms with Gasteiger partial charge in [0.15, 0.2) is 5.92 Å². The predicted octanol–water partition coefficient (Wildman–Crippen LogP) is 3.41. The van der Waals surface area contributed by atoms with Crippen molar-refractivity contribution in [3.8, 4) is 12.1 Å². The van der Waals surface area contributed by atoms with Crippen LogP contribution in [0.4, 0.5) is 0 Å². The van der Waals surface area contributed by atoms with Crippen molar-refractivity contribution in [2.45, 2.75) is 12.8 Å². The van der Waals surface area contributed by atoms with E-state index in [-0.39, 0.29) is 0 Å². The number of hydrogen-bond acceptors (Lipinski definition) is 2. The van der Waals surface area contributed by atoms with Crippen molar-refractivity contribution in [2.75, 3.05) is 0 Å². The molecular weight excluding hydrogens is 196 g/mol. The molecule has 0 fully saturated rings. The fraction of sp³-hybridized carbons (Fsp3) is 0.143. The summed E-state index contributed by atoms with van der Waals surface area (Å²) in [7, 11) is 0. The fourth-order valence-electron chi connectivity index (χ4n) is 1.45. The number of nitrogens with zero attached hydrogens (tertiary/aromatic N) is 2. The zero-order valence-electron chi connectivity index (χ0n) is 9.14. The molecule has 1 aromatic carbocycles. The lowest BCUT2D eigenvalue weighted by Gasteiger charge is -2.04. The molecule has 0 saturated heterocycles. The molecule has 78 valence electrons. The van der Waals surface area contributed by atoms with Crippen molar-refractivity contribution in [2.24, 2.45) is 0 Å². The first-order valence-corrected chi connectivity index (χ1v) is 4.95. The van der Waals surface area contributed by atoms with Crippen LogP contribution in [0.2, 0.25) is 0 Å². The van der Waals surface area contributed by atoms with E-state index >= 15 is 0 Å². The lowest BCUT2D eigenvalue weighted by molar-refractivity contribution is 1.10. The van der Waals surface area contributed by atoms with Gasteiger partial charge in [-0.3, -0.25) is 0 Å². The number of hydrogen-bond donors (Lipinski definition) is 0. The summed E-state index contributed by atoms with van der Waals surface area (Å²) in [5.41, 5.74) is 2.81. The van der Waals surface area contributed by atoms with Gasteiger partial charge in [-0.25, -0.2) is 0 Å². The average Bonchev–Trinajstić information content (AvgIpc) is 2.34. The molecular formula is C14H12N2. The molecule has 0 N–H and O–H groups in total. The Morgan fingerprint density at radius 3 is 2.19 bits per heavy atom. The third-order valence-electron chi connectivity index (χ3n) is 2.37. The number of nitriles is 2. The summed E-state index contributed by atoms with van der Waals surface area (Å²) >= 11 is 0. The summed E-state index contributed by atoms with van der Waals surface area (Å²) in [6.45, 7) is 5.67. The van der Waals surface area contributed by atoms with Gasteiger partial charge in [-0.05, 0) is 23.6 Å². The smallest absolute Gasteiger partial charge is 0.158 e. The van der Waals surface area contributed by atoms with E-state index in [1.54, 1.807) is 18.2 Å². The molecule has 0 atom stereocenters. The van der Waals surface area contributed by atoms with Crippen LogP contribution in [-0.2, 0) is 0 Å². The molecule has 0 unspecified atom stereocenters. The van der Waals surface area contributed by atoms with E-state index in [0.717, 1.165) is 16.7 Å². The highest BCUT2D eigenvalue weighted by Gasteiger charge is 2.08. The standard InChI is InChI=1S/C14H12N2/c1-3-11(4-2)12-5-7-13(8-6-12)14(9-15)10-16/h3-8,14H,1H2,2H3/b11-4+. The Morgan fingerprint density at radius 2 is 1.81 bits per heavy atom. The topological polar surface area (TPSA) is 47.6 Å². The SMILES string of the molecule is C=C/C(=C\C)c1ccc(C(C#N)C#N)cc1. The summed E-state index contributed by atoms with van der Waals surface area (Å²) < 4.78 is 0. The summed E-state index contributed by atoms with van der Waals surface area (Å²) in [5.74, 6) is -0.688. The second-order valence-electron chi connectivity index (χ2n) is 3.26. The molecule has 0 aliphatic rings. The van der Waals surface area contributed by atoms with Gasteiger partial charge in [-0.2, -0.15) is 10.5 Å². The van der Waals surface area contributed by atoms with E-state index in [0.29, 0.717) is 0 Å². The lowest BCUT2D eigenvalue weighted by Crippen LogP contribution is -1.92. The molecule has 2 nitrogen and oxygen atoms in total. The Hall–Kier alpha value is -2.32. The highest BCUT2D eigenvalue weighted by molar-refractivity contribution is 5.73. The third-order valence-corrected chi connectivity index (χ3v) is 2.37. The molecule has 0 bridgehead atoms. The minimum Gasteiger partial charge on any atom is -0.196 e. The predicted molar refractivity (Wildman–Crippen MR) is 64.3 cm³/mol. The van der Waals surface area contributed by atoms with Gasteiger partial charge in [0.2, 0.25) is 0 Å². The van der Waals surface area contributed by atoms with Crippen molar-refractivity contribution in [3.05, 3.63) is 54.1 Å². The Balaban J connectivity index is 3.06. The molecule has 0 spiro atoms. The van der Waals surface area contributed by atoms with Gasteiger partial charge in [0.1, 0.15) is 0 Å². The minimum absolute atomic E-state index is 0.688. The Labute approximate surface area is 95.8 Å². The second kappa shape index (κ2) is 5.53. The normalized spacial score (nSPS) is 10.6. The van der Waals surface area contributed by atoms with Crippen LogP contribution >= 0.6 is 0 Å². The first-order chi connectivity index (χ1) is 7.76. The van der Waals surface area contributed by atoms with Gasteiger partial charge in [-0.1, -0.05) is 43.0 Å². The van der Waals surface area contributed by atoms with E-state index < -0.39 is 5.92 Å². The average molecular weight is 208 g/mol. The maximum absolute atomic E-state index is 8.75. The molecule has 0 saturated carbocycles. The van der Waals surface area contributed by atoms with Gasteiger partial charge in [0, 0.05) is 0 Å². The van der Waals surface area contributed by atoms with Crippen molar-refractivity contribution >= 4 is 5.57 Å². The third kappa shape index (κ3) is 2.38. The summed E-state index contributed by atoms with van der Waals surface area (Å²) in [6.07, 6.45) is 3.75. The molecule has 0 aliphatic carbocycles. The van der Waals surface area contributed by atoms with Crippen LogP contribution in [0, 0.1) is 22.7 Å². The monoisotopic (exact) mass is 208 g/mol. The van der Waals surface area contributed by atoms with E-state index in [1.807, 2.05) is 37.3 Å². The van der Waals surface area contributed by atoms with E-state index in [1.165, 1.54) is 0 Å². The van der Waals surface area contributed by atoms with Crippen LogP contribution in [-0.4, -0.2) is 0 Å².